The van der Waals surface area contributed by atoms with Crippen molar-refractivity contribution >= 4 is 139 Å². The number of aromatic nitrogens is 2. The normalized spacial score (nSPS) is 11.5. The molecule has 0 saturated carbocycles. The predicted molar refractivity (Wildman–Crippen MR) is 289 cm³/mol. The third kappa shape index (κ3) is 6.26. The number of benzene rings is 9. The molecule has 0 N–H and O–H groups in total. The van der Waals surface area contributed by atoms with Crippen molar-refractivity contribution in [3.8, 4) is 61.6 Å². The van der Waals surface area contributed by atoms with Crippen LogP contribution >= 0.6 is 0 Å². The molecule has 0 saturated heterocycles. The fraction of sp³-hybridized carbons (Fsp3) is 0. The second-order valence-electron chi connectivity index (χ2n) is 17.0. The number of hydrogen-bond acceptors (Lipinski definition) is 1. The molecule has 0 aliphatic heterocycles. The van der Waals surface area contributed by atoms with Gasteiger partial charge in [-0.1, -0.05) is 137 Å². The fourth-order valence-electron chi connectivity index (χ4n) is 9.94. The van der Waals surface area contributed by atoms with E-state index in [1.54, 1.807) is 0 Å². The van der Waals surface area contributed by atoms with Gasteiger partial charge in [-0.25, -0.2) is 4.98 Å². The van der Waals surface area contributed by atoms with Gasteiger partial charge >= 0.3 is 0 Å². The van der Waals surface area contributed by atoms with Crippen molar-refractivity contribution in [1.82, 2.24) is 9.55 Å². The molecule has 1 heterocycles. The summed E-state index contributed by atoms with van der Waals surface area (Å²) < 4.78 is 2.34. The van der Waals surface area contributed by atoms with Crippen LogP contribution < -0.4 is 43.7 Å². The number of imidazole rings is 1. The predicted octanol–water partition coefficient (Wildman–Crippen LogP) is -0.266. The van der Waals surface area contributed by atoms with Crippen LogP contribution in [0.5, 0.6) is 0 Å². The Kier molecular flexibility index (Phi) is 9.63. The quantitative estimate of drug-likeness (QED) is 0.169. The van der Waals surface area contributed by atoms with Crippen molar-refractivity contribution < 1.29 is 0 Å². The van der Waals surface area contributed by atoms with Gasteiger partial charge in [0.2, 0.25) is 0 Å². The van der Waals surface area contributed by atoms with Crippen LogP contribution in [0.1, 0.15) is 0 Å². The van der Waals surface area contributed by atoms with E-state index in [2.05, 4.69) is 225 Å². The third-order valence-electron chi connectivity index (χ3n) is 13.8. The second-order valence-corrected chi connectivity index (χ2v) is 17.0. The maximum Gasteiger partial charge on any atom is 0.145 e. The molecular weight excluding hydrogens is 727 g/mol. The summed E-state index contributed by atoms with van der Waals surface area (Å²) in [4.78, 5) is 5.22. The molecule has 0 bridgehead atoms. The van der Waals surface area contributed by atoms with Crippen LogP contribution in [-0.4, -0.2) is 72.3 Å². The molecule has 10 aromatic rings. The van der Waals surface area contributed by atoms with Crippen molar-refractivity contribution in [3.05, 3.63) is 158 Å². The van der Waals surface area contributed by atoms with E-state index in [1.807, 2.05) is 0 Å². The van der Waals surface area contributed by atoms with Crippen LogP contribution in [-0.2, 0) is 0 Å². The van der Waals surface area contributed by atoms with Crippen LogP contribution in [0.2, 0.25) is 0 Å². The Labute approximate surface area is 366 Å². The summed E-state index contributed by atoms with van der Waals surface area (Å²) in [6.45, 7) is 0. The highest BCUT2D eigenvalue weighted by Gasteiger charge is 2.26. The zero-order valence-corrected chi connectivity index (χ0v) is 36.4. The molecule has 10 heteroatoms. The molecule has 280 valence electrons. The summed E-state index contributed by atoms with van der Waals surface area (Å²) in [5, 5.41) is 5.33. The first kappa shape index (κ1) is 38.7. The Morgan fingerprint density at radius 2 is 0.705 bits per heavy atom. The summed E-state index contributed by atoms with van der Waals surface area (Å²) in [5.41, 5.74) is 24.9. The van der Waals surface area contributed by atoms with Gasteiger partial charge in [-0.15, -0.1) is 21.9 Å². The Balaban J connectivity index is 1.37. The Hall–Kier alpha value is -6.51. The average Bonchev–Trinajstić information content (AvgIpc) is 3.71. The largest absolute Gasteiger partial charge is 0.292 e. The van der Waals surface area contributed by atoms with Gasteiger partial charge in [0.05, 0.1) is 11.0 Å². The first-order valence-corrected chi connectivity index (χ1v) is 21.5. The van der Waals surface area contributed by atoms with Crippen LogP contribution in [0, 0.1) is 0 Å². The number of nitrogens with zero attached hydrogens (tertiary/aromatic N) is 2. The van der Waals surface area contributed by atoms with Crippen molar-refractivity contribution in [2.45, 2.75) is 0 Å². The number of para-hydroxylation sites is 2. The average molecular weight is 769 g/mol. The van der Waals surface area contributed by atoms with Crippen LogP contribution in [0.4, 0.5) is 0 Å². The molecule has 61 heavy (non-hydrogen) atoms. The summed E-state index contributed by atoms with van der Waals surface area (Å²) >= 11 is 0. The monoisotopic (exact) mass is 770 g/mol. The molecule has 10 rings (SSSR count). The first-order chi connectivity index (χ1) is 29.6. The molecule has 0 aliphatic rings. The molecule has 1 aromatic heterocycles. The molecule has 9 aromatic carbocycles. The number of rotatable bonds is 6. The minimum atomic E-state index is 0.938. The molecule has 0 aliphatic carbocycles. The highest BCUT2D eigenvalue weighted by Crippen LogP contribution is 2.43. The zero-order chi connectivity index (χ0) is 42.1. The summed E-state index contributed by atoms with van der Waals surface area (Å²) in [7, 11) is 18.7. The van der Waals surface area contributed by atoms with Crippen LogP contribution in [0.25, 0.3) is 94.2 Å². The topological polar surface area (TPSA) is 17.8 Å². The van der Waals surface area contributed by atoms with Gasteiger partial charge in [0.15, 0.2) is 0 Å². The Morgan fingerprint density at radius 3 is 1.20 bits per heavy atom. The lowest BCUT2D eigenvalue weighted by atomic mass is 9.59. The summed E-state index contributed by atoms with van der Waals surface area (Å²) in [6, 6.07) is 57.3. The van der Waals surface area contributed by atoms with Crippen molar-refractivity contribution in [3.63, 3.8) is 0 Å². The smallest absolute Gasteiger partial charge is 0.145 e. The van der Waals surface area contributed by atoms with E-state index in [-0.39, 0.29) is 0 Å². The minimum absolute atomic E-state index is 0.938. The van der Waals surface area contributed by atoms with Crippen LogP contribution in [0.3, 0.4) is 0 Å². The van der Waals surface area contributed by atoms with Crippen molar-refractivity contribution in [2.75, 3.05) is 0 Å². The standard InChI is InChI=1S/C51H42B8N2/c52-43-39-37(30-19-12-20-34(26-30)61-36-22-11-10-21-35(36)60-51(61)29-17-8-3-9-18-29)40-42(46(55)50(59)48(57)44(40)53)38(41(39)45(54)49(58)47(43)56)33-24-31(27-13-4-1-5-14-27)23-32(25-33)28-15-6-2-7-16-28/h1-26H,52-59H2. The van der Waals surface area contributed by atoms with Gasteiger partial charge in [-0.3, -0.25) is 4.57 Å². The van der Waals surface area contributed by atoms with E-state index in [0.717, 1.165) is 28.1 Å². The molecular formula is C51H42B8N2. The fourth-order valence-corrected chi connectivity index (χ4v) is 9.94. The SMILES string of the molecule is Bc1c(B)c(B)c2c(-c3cccc(-n4c(-c5ccccc5)nc5ccccc54)c3)c3c(B)c(B)c(B)c(B)c3c(-c3cc(-c4ccccc4)cc(-c4ccccc4)c3)c2c1B. The van der Waals surface area contributed by atoms with Gasteiger partial charge in [-0.05, 0) is 109 Å². The summed E-state index contributed by atoms with van der Waals surface area (Å²) in [6.07, 6.45) is 0. The number of hydrogen-bond donors (Lipinski definition) is 0. The molecule has 0 radical (unpaired) electrons. The van der Waals surface area contributed by atoms with Gasteiger partial charge in [-0.2, -0.15) is 0 Å². The van der Waals surface area contributed by atoms with E-state index in [9.17, 15) is 0 Å². The summed E-state index contributed by atoms with van der Waals surface area (Å²) in [5.74, 6) is 0.938. The lowest BCUT2D eigenvalue weighted by Crippen LogP contribution is -2.50. The number of fused-ring (bicyclic) bond motifs is 3. The highest BCUT2D eigenvalue weighted by atomic mass is 15.1. The molecule has 0 fully saturated rings. The third-order valence-corrected chi connectivity index (χ3v) is 13.8. The Morgan fingerprint density at radius 1 is 0.311 bits per heavy atom. The molecule has 0 unspecified atom stereocenters. The molecule has 0 amide bonds. The van der Waals surface area contributed by atoms with Crippen molar-refractivity contribution in [2.24, 2.45) is 0 Å². The van der Waals surface area contributed by atoms with E-state index in [4.69, 9.17) is 4.98 Å². The molecule has 0 atom stereocenters. The van der Waals surface area contributed by atoms with Gasteiger partial charge in [0, 0.05) is 11.3 Å². The lowest BCUT2D eigenvalue weighted by Gasteiger charge is -2.28. The highest BCUT2D eigenvalue weighted by molar-refractivity contribution is 6.71. The molecule has 0 spiro atoms. The minimum Gasteiger partial charge on any atom is -0.292 e. The van der Waals surface area contributed by atoms with E-state index >= 15 is 0 Å². The zero-order valence-electron chi connectivity index (χ0n) is 36.4. The van der Waals surface area contributed by atoms with E-state index < -0.39 is 0 Å². The lowest BCUT2D eigenvalue weighted by molar-refractivity contribution is 1.10. The maximum atomic E-state index is 5.22. The van der Waals surface area contributed by atoms with Gasteiger partial charge < -0.3 is 0 Å². The second kappa shape index (κ2) is 15.2. The Bertz CT molecular complexity index is 3250. The van der Waals surface area contributed by atoms with Crippen molar-refractivity contribution in [1.29, 1.82) is 0 Å². The van der Waals surface area contributed by atoms with Crippen LogP contribution in [0.15, 0.2) is 158 Å². The van der Waals surface area contributed by atoms with Gasteiger partial charge in [0.25, 0.3) is 0 Å². The van der Waals surface area contributed by atoms with Gasteiger partial charge in [0.1, 0.15) is 68.6 Å². The first-order valence-electron chi connectivity index (χ1n) is 21.5. The van der Waals surface area contributed by atoms with E-state index in [1.165, 1.54) is 110 Å². The maximum absolute atomic E-state index is 5.22. The molecule has 2 nitrogen and oxygen atoms in total. The van der Waals surface area contributed by atoms with E-state index in [0.29, 0.717) is 0 Å².